The third kappa shape index (κ3) is 2.06. The number of hydrogen-bond acceptors (Lipinski definition) is 2. The third-order valence-electron chi connectivity index (χ3n) is 5.36. The van der Waals surface area contributed by atoms with Crippen molar-refractivity contribution in [3.63, 3.8) is 0 Å². The summed E-state index contributed by atoms with van der Waals surface area (Å²) in [7, 11) is 0. The van der Waals surface area contributed by atoms with Crippen molar-refractivity contribution >= 4 is 0 Å². The Morgan fingerprint density at radius 1 is 1.29 bits per heavy atom. The molecule has 0 aromatic heterocycles. The summed E-state index contributed by atoms with van der Waals surface area (Å²) in [5.41, 5.74) is -0.201. The van der Waals surface area contributed by atoms with E-state index in [0.29, 0.717) is 17.8 Å². The summed E-state index contributed by atoms with van der Waals surface area (Å²) in [4.78, 5) is 0. The van der Waals surface area contributed by atoms with Crippen LogP contribution in [0.15, 0.2) is 11.6 Å². The maximum absolute atomic E-state index is 10.7. The Labute approximate surface area is 105 Å². The topological polar surface area (TPSA) is 40.5 Å². The van der Waals surface area contributed by atoms with E-state index in [1.807, 2.05) is 0 Å². The molecule has 17 heavy (non-hydrogen) atoms. The molecule has 2 heteroatoms. The van der Waals surface area contributed by atoms with Crippen molar-refractivity contribution in [1.82, 2.24) is 0 Å². The number of fused-ring (bicyclic) bond motifs is 1. The highest BCUT2D eigenvalue weighted by molar-refractivity contribution is 5.18. The SMILES string of the molecule is CC1=CCCC2(C)CCC(O)(C(C)(C)O)CC12. The molecule has 2 aliphatic carbocycles. The average molecular weight is 238 g/mol. The number of aliphatic hydroxyl groups is 2. The second-order valence-corrected chi connectivity index (χ2v) is 6.99. The van der Waals surface area contributed by atoms with E-state index in [0.717, 1.165) is 12.8 Å². The van der Waals surface area contributed by atoms with E-state index in [9.17, 15) is 10.2 Å². The molecular weight excluding hydrogens is 212 g/mol. The van der Waals surface area contributed by atoms with Crippen molar-refractivity contribution in [3.8, 4) is 0 Å². The molecular formula is C15H26O2. The van der Waals surface area contributed by atoms with Crippen LogP contribution in [0.3, 0.4) is 0 Å². The van der Waals surface area contributed by atoms with Crippen molar-refractivity contribution in [1.29, 1.82) is 0 Å². The highest BCUT2D eigenvalue weighted by atomic mass is 16.4. The van der Waals surface area contributed by atoms with Crippen molar-refractivity contribution in [3.05, 3.63) is 11.6 Å². The molecule has 0 amide bonds. The summed E-state index contributed by atoms with van der Waals surface area (Å²) in [5, 5.41) is 20.9. The van der Waals surface area contributed by atoms with Gasteiger partial charge in [-0.05, 0) is 64.2 Å². The predicted molar refractivity (Wildman–Crippen MR) is 69.7 cm³/mol. The molecule has 1 fully saturated rings. The van der Waals surface area contributed by atoms with Crippen LogP contribution in [-0.4, -0.2) is 21.4 Å². The van der Waals surface area contributed by atoms with Crippen molar-refractivity contribution in [2.24, 2.45) is 11.3 Å². The summed E-state index contributed by atoms with van der Waals surface area (Å²) in [6.07, 6.45) is 7.13. The van der Waals surface area contributed by atoms with Gasteiger partial charge < -0.3 is 10.2 Å². The van der Waals surface area contributed by atoms with Gasteiger partial charge in [0.05, 0.1) is 11.2 Å². The smallest absolute Gasteiger partial charge is 0.0934 e. The summed E-state index contributed by atoms with van der Waals surface area (Å²) in [6.45, 7) is 7.99. The van der Waals surface area contributed by atoms with Crippen LogP contribution in [0.5, 0.6) is 0 Å². The first-order chi connectivity index (χ1) is 7.68. The highest BCUT2D eigenvalue weighted by Gasteiger charge is 2.52. The lowest BCUT2D eigenvalue weighted by Crippen LogP contribution is -2.56. The fraction of sp³-hybridized carbons (Fsp3) is 0.867. The zero-order valence-corrected chi connectivity index (χ0v) is 11.6. The van der Waals surface area contributed by atoms with Crippen LogP contribution in [0.1, 0.15) is 59.8 Å². The zero-order valence-electron chi connectivity index (χ0n) is 11.6. The zero-order chi connectivity index (χ0) is 12.9. The minimum Gasteiger partial charge on any atom is -0.387 e. The van der Waals surface area contributed by atoms with E-state index in [4.69, 9.17) is 0 Å². The molecule has 2 nitrogen and oxygen atoms in total. The standard InChI is InChI=1S/C15H26O2/c1-11-6-5-7-14(4)8-9-15(17,10-12(11)14)13(2,3)16/h6,12,16-17H,5,7-10H2,1-4H3. The first-order valence-corrected chi connectivity index (χ1v) is 6.79. The second-order valence-electron chi connectivity index (χ2n) is 6.99. The van der Waals surface area contributed by atoms with Gasteiger partial charge in [0.15, 0.2) is 0 Å². The summed E-state index contributed by atoms with van der Waals surface area (Å²) in [6, 6.07) is 0. The van der Waals surface area contributed by atoms with Gasteiger partial charge in [0.2, 0.25) is 0 Å². The molecule has 0 spiro atoms. The Morgan fingerprint density at radius 3 is 2.53 bits per heavy atom. The molecule has 98 valence electrons. The average Bonchev–Trinajstić information content (AvgIpc) is 2.19. The van der Waals surface area contributed by atoms with Crippen LogP contribution < -0.4 is 0 Å². The third-order valence-corrected chi connectivity index (χ3v) is 5.36. The summed E-state index contributed by atoms with van der Waals surface area (Å²) in [5.74, 6) is 0.432. The maximum Gasteiger partial charge on any atom is 0.0934 e. The molecule has 1 saturated carbocycles. The molecule has 0 bridgehead atoms. The molecule has 3 atom stereocenters. The van der Waals surface area contributed by atoms with Crippen molar-refractivity contribution in [2.45, 2.75) is 71.0 Å². The summed E-state index contributed by atoms with van der Waals surface area (Å²) < 4.78 is 0. The number of hydrogen-bond donors (Lipinski definition) is 2. The number of rotatable bonds is 1. The molecule has 0 aromatic carbocycles. The maximum atomic E-state index is 10.7. The molecule has 2 N–H and O–H groups in total. The van der Waals surface area contributed by atoms with Crippen LogP contribution in [-0.2, 0) is 0 Å². The molecule has 0 saturated heterocycles. The Hall–Kier alpha value is -0.340. The fourth-order valence-corrected chi connectivity index (χ4v) is 3.69. The minimum atomic E-state index is -1.01. The lowest BCUT2D eigenvalue weighted by molar-refractivity contribution is -0.173. The van der Waals surface area contributed by atoms with Gasteiger partial charge in [0.1, 0.15) is 0 Å². The van der Waals surface area contributed by atoms with Crippen LogP contribution in [0, 0.1) is 11.3 Å². The Kier molecular flexibility index (Phi) is 2.95. The molecule has 0 heterocycles. The quantitative estimate of drug-likeness (QED) is 0.689. The lowest BCUT2D eigenvalue weighted by atomic mass is 9.55. The van der Waals surface area contributed by atoms with E-state index in [2.05, 4.69) is 19.9 Å². The highest BCUT2D eigenvalue weighted by Crippen LogP contribution is 2.54. The fourth-order valence-electron chi connectivity index (χ4n) is 3.69. The van der Waals surface area contributed by atoms with Crippen molar-refractivity contribution in [2.75, 3.05) is 0 Å². The lowest BCUT2D eigenvalue weighted by Gasteiger charge is -2.53. The second kappa shape index (κ2) is 3.83. The monoisotopic (exact) mass is 238 g/mol. The van der Waals surface area contributed by atoms with Gasteiger partial charge in [-0.3, -0.25) is 0 Å². The van der Waals surface area contributed by atoms with Gasteiger partial charge in [-0.15, -0.1) is 0 Å². The van der Waals surface area contributed by atoms with E-state index in [1.54, 1.807) is 13.8 Å². The predicted octanol–water partition coefficient (Wildman–Crippen LogP) is 3.03. The van der Waals surface area contributed by atoms with E-state index in [-0.39, 0.29) is 0 Å². The number of allylic oxidation sites excluding steroid dienone is 2. The first-order valence-electron chi connectivity index (χ1n) is 6.79. The van der Waals surface area contributed by atoms with Gasteiger partial charge in [-0.1, -0.05) is 18.6 Å². The van der Waals surface area contributed by atoms with Gasteiger partial charge >= 0.3 is 0 Å². The van der Waals surface area contributed by atoms with Crippen LogP contribution >= 0.6 is 0 Å². The Bertz CT molecular complexity index is 339. The van der Waals surface area contributed by atoms with Gasteiger partial charge in [0, 0.05) is 0 Å². The van der Waals surface area contributed by atoms with E-state index < -0.39 is 11.2 Å². The molecule has 2 aliphatic rings. The van der Waals surface area contributed by atoms with Gasteiger partial charge in [-0.25, -0.2) is 0 Å². The molecule has 3 unspecified atom stereocenters. The Balaban J connectivity index is 2.28. The van der Waals surface area contributed by atoms with E-state index in [1.165, 1.54) is 18.4 Å². The van der Waals surface area contributed by atoms with Crippen molar-refractivity contribution < 1.29 is 10.2 Å². The molecule has 2 rings (SSSR count). The van der Waals surface area contributed by atoms with E-state index >= 15 is 0 Å². The van der Waals surface area contributed by atoms with Gasteiger partial charge in [-0.2, -0.15) is 0 Å². The van der Waals surface area contributed by atoms with Crippen LogP contribution in [0.4, 0.5) is 0 Å². The Morgan fingerprint density at radius 2 is 1.94 bits per heavy atom. The van der Waals surface area contributed by atoms with Crippen LogP contribution in [0.2, 0.25) is 0 Å². The first kappa shape index (κ1) is 13.1. The minimum absolute atomic E-state index is 0.330. The summed E-state index contributed by atoms with van der Waals surface area (Å²) >= 11 is 0. The van der Waals surface area contributed by atoms with Gasteiger partial charge in [0.25, 0.3) is 0 Å². The molecule has 0 aromatic rings. The van der Waals surface area contributed by atoms with Crippen LogP contribution in [0.25, 0.3) is 0 Å². The molecule has 0 aliphatic heterocycles. The largest absolute Gasteiger partial charge is 0.387 e. The molecule has 0 radical (unpaired) electrons. The normalized spacial score (nSPS) is 42.9.